The Hall–Kier alpha value is -1.91. The molecule has 1 aromatic heterocycles. The Morgan fingerprint density at radius 2 is 2.10 bits per heavy atom. The second-order valence-corrected chi connectivity index (χ2v) is 5.62. The fraction of sp³-hybridized carbons (Fsp3) is 0.400. The minimum atomic E-state index is -3.99. The van der Waals surface area contributed by atoms with Crippen LogP contribution in [0.4, 0.5) is 10.5 Å². The summed E-state index contributed by atoms with van der Waals surface area (Å²) in [5.41, 5.74) is 7.12. The number of rotatable bonds is 4. The highest BCUT2D eigenvalue weighted by Crippen LogP contribution is 2.23. The molecule has 110 valence electrons. The van der Waals surface area contributed by atoms with Crippen LogP contribution in [0.1, 0.15) is 0 Å². The lowest BCUT2D eigenvalue weighted by molar-refractivity contribution is 0.122. The van der Waals surface area contributed by atoms with E-state index in [1.165, 1.54) is 6.20 Å². The number of nitrogens with zero attached hydrogens (tertiary/aromatic N) is 2. The number of nitrogens with one attached hydrogen (secondary N) is 2. The van der Waals surface area contributed by atoms with Crippen LogP contribution in [0, 0.1) is 0 Å². The first kappa shape index (κ1) is 14.5. The van der Waals surface area contributed by atoms with Gasteiger partial charge in [-0.3, -0.25) is 5.43 Å². The van der Waals surface area contributed by atoms with Gasteiger partial charge in [0, 0.05) is 19.3 Å². The van der Waals surface area contributed by atoms with Crippen LogP contribution in [0.2, 0.25) is 0 Å². The minimum Gasteiger partial charge on any atom is -0.378 e. The monoisotopic (exact) mass is 301 g/mol. The molecule has 2 amide bonds. The Kier molecular flexibility index (Phi) is 4.37. The molecule has 0 atom stereocenters. The van der Waals surface area contributed by atoms with E-state index in [4.69, 9.17) is 10.5 Å². The number of hydrogen-bond acceptors (Lipinski definition) is 6. The summed E-state index contributed by atoms with van der Waals surface area (Å²) in [7, 11) is -3.99. The second kappa shape index (κ2) is 6.03. The number of hydrogen-bond donors (Lipinski definition) is 3. The maximum atomic E-state index is 12.1. The Balaban J connectivity index is 2.29. The predicted molar refractivity (Wildman–Crippen MR) is 70.3 cm³/mol. The third-order valence-corrected chi connectivity index (χ3v) is 3.86. The summed E-state index contributed by atoms with van der Waals surface area (Å²) in [5, 5.41) is -0.171. The molecule has 0 bridgehead atoms. The van der Waals surface area contributed by atoms with Gasteiger partial charge in [-0.1, -0.05) is 0 Å². The number of hydrazine groups is 1. The van der Waals surface area contributed by atoms with E-state index in [-0.39, 0.29) is 5.03 Å². The zero-order valence-corrected chi connectivity index (χ0v) is 11.4. The van der Waals surface area contributed by atoms with E-state index in [1.807, 2.05) is 15.2 Å². The molecule has 1 aromatic rings. The van der Waals surface area contributed by atoms with E-state index in [0.717, 1.165) is 0 Å². The molecule has 0 aliphatic carbocycles. The number of urea groups is 1. The van der Waals surface area contributed by atoms with E-state index in [2.05, 4.69) is 4.98 Å². The number of carbonyl (C=O) groups excluding carboxylic acids is 1. The minimum absolute atomic E-state index is 0.171. The van der Waals surface area contributed by atoms with Gasteiger partial charge in [0.25, 0.3) is 10.0 Å². The molecule has 0 unspecified atom stereocenters. The summed E-state index contributed by atoms with van der Waals surface area (Å²) in [6.45, 7) is 2.16. The fourth-order valence-corrected chi connectivity index (χ4v) is 2.80. The summed E-state index contributed by atoms with van der Waals surface area (Å²) < 4.78 is 29.4. The van der Waals surface area contributed by atoms with Gasteiger partial charge in [0.1, 0.15) is 0 Å². The molecule has 0 saturated carbocycles. The molecule has 1 aliphatic heterocycles. The lowest BCUT2D eigenvalue weighted by Crippen LogP contribution is -2.45. The molecule has 0 spiro atoms. The summed E-state index contributed by atoms with van der Waals surface area (Å²) in [6.07, 6.45) is 1.36. The Morgan fingerprint density at radius 1 is 1.40 bits per heavy atom. The van der Waals surface area contributed by atoms with Crippen molar-refractivity contribution in [3.63, 3.8) is 0 Å². The molecule has 1 aliphatic rings. The average molecular weight is 301 g/mol. The topological polar surface area (TPSA) is 127 Å². The van der Waals surface area contributed by atoms with Crippen LogP contribution in [0.3, 0.4) is 0 Å². The molecule has 2 heterocycles. The van der Waals surface area contributed by atoms with Crippen molar-refractivity contribution in [1.82, 2.24) is 15.2 Å². The van der Waals surface area contributed by atoms with Gasteiger partial charge in [-0.05, 0) is 12.1 Å². The molecule has 9 nitrogen and oxygen atoms in total. The number of primary amides is 1. The largest absolute Gasteiger partial charge is 0.378 e. The number of sulfonamides is 1. The molecule has 0 radical (unpaired) electrons. The van der Waals surface area contributed by atoms with E-state index < -0.39 is 16.1 Å². The third-order valence-electron chi connectivity index (χ3n) is 2.67. The number of aromatic nitrogens is 1. The highest BCUT2D eigenvalue weighted by molar-refractivity contribution is 7.89. The molecule has 1 fully saturated rings. The van der Waals surface area contributed by atoms with E-state index >= 15 is 0 Å². The van der Waals surface area contributed by atoms with Gasteiger partial charge in [0.15, 0.2) is 5.03 Å². The first-order valence-electron chi connectivity index (χ1n) is 5.85. The SMILES string of the molecule is NC(=O)NNS(=O)(=O)c1ncccc1N1CCOCC1. The summed E-state index contributed by atoms with van der Waals surface area (Å²) in [4.78, 5) is 18.2. The number of amides is 2. The van der Waals surface area contributed by atoms with Crippen LogP contribution in [-0.2, 0) is 14.8 Å². The van der Waals surface area contributed by atoms with Gasteiger partial charge >= 0.3 is 6.03 Å². The number of ether oxygens (including phenoxy) is 1. The van der Waals surface area contributed by atoms with Gasteiger partial charge in [-0.25, -0.2) is 18.2 Å². The maximum absolute atomic E-state index is 12.1. The third kappa shape index (κ3) is 3.35. The standard InChI is InChI=1S/C10H15N5O4S/c11-10(16)13-14-20(17,18)9-8(2-1-3-12-9)15-4-6-19-7-5-15/h1-3,14H,4-7H2,(H3,11,13,16). The second-order valence-electron chi connectivity index (χ2n) is 4.02. The summed E-state index contributed by atoms with van der Waals surface area (Å²) >= 11 is 0. The van der Waals surface area contributed by atoms with Crippen molar-refractivity contribution in [1.29, 1.82) is 0 Å². The lowest BCUT2D eigenvalue weighted by atomic mass is 10.3. The number of anilines is 1. The normalized spacial score (nSPS) is 15.9. The first-order chi connectivity index (χ1) is 9.50. The Labute approximate surface area is 116 Å². The van der Waals surface area contributed by atoms with Gasteiger partial charge in [-0.2, -0.15) is 0 Å². The van der Waals surface area contributed by atoms with Crippen molar-refractivity contribution in [3.05, 3.63) is 18.3 Å². The van der Waals surface area contributed by atoms with Crippen molar-refractivity contribution in [2.45, 2.75) is 5.03 Å². The van der Waals surface area contributed by atoms with Gasteiger partial charge in [0.05, 0.1) is 18.9 Å². The quantitative estimate of drug-likeness (QED) is 0.598. The summed E-state index contributed by atoms with van der Waals surface area (Å²) in [5.74, 6) is 0. The van der Waals surface area contributed by atoms with Crippen molar-refractivity contribution in [2.75, 3.05) is 31.2 Å². The zero-order valence-electron chi connectivity index (χ0n) is 10.6. The number of carbonyl (C=O) groups is 1. The van der Waals surface area contributed by atoms with Crippen LogP contribution in [0.15, 0.2) is 23.4 Å². The van der Waals surface area contributed by atoms with Crippen molar-refractivity contribution in [2.24, 2.45) is 5.73 Å². The van der Waals surface area contributed by atoms with Gasteiger partial charge < -0.3 is 15.4 Å². The van der Waals surface area contributed by atoms with Gasteiger partial charge in [0.2, 0.25) is 0 Å². The fourth-order valence-electron chi connectivity index (χ4n) is 1.80. The molecule has 1 saturated heterocycles. The van der Waals surface area contributed by atoms with E-state index in [9.17, 15) is 13.2 Å². The van der Waals surface area contributed by atoms with Crippen LogP contribution >= 0.6 is 0 Å². The Morgan fingerprint density at radius 3 is 2.75 bits per heavy atom. The number of nitrogens with two attached hydrogens (primary N) is 1. The highest BCUT2D eigenvalue weighted by Gasteiger charge is 2.24. The smallest absolute Gasteiger partial charge is 0.327 e. The zero-order chi connectivity index (χ0) is 14.6. The van der Waals surface area contributed by atoms with E-state index in [0.29, 0.717) is 32.0 Å². The van der Waals surface area contributed by atoms with Crippen LogP contribution in [-0.4, -0.2) is 45.7 Å². The molecule has 4 N–H and O–H groups in total. The molecule has 0 aromatic carbocycles. The molecule has 20 heavy (non-hydrogen) atoms. The van der Waals surface area contributed by atoms with Crippen molar-refractivity contribution in [3.8, 4) is 0 Å². The molecule has 10 heteroatoms. The van der Waals surface area contributed by atoms with Crippen molar-refractivity contribution < 1.29 is 17.9 Å². The van der Waals surface area contributed by atoms with Crippen LogP contribution < -0.4 is 20.9 Å². The molecular formula is C10H15N5O4S. The molecule has 2 rings (SSSR count). The average Bonchev–Trinajstić information content (AvgIpc) is 2.46. The lowest BCUT2D eigenvalue weighted by Gasteiger charge is -2.29. The predicted octanol–water partition coefficient (Wildman–Crippen LogP) is -1.22. The van der Waals surface area contributed by atoms with Crippen molar-refractivity contribution >= 4 is 21.7 Å². The van der Waals surface area contributed by atoms with E-state index in [1.54, 1.807) is 12.1 Å². The highest BCUT2D eigenvalue weighted by atomic mass is 32.2. The number of morpholine rings is 1. The Bertz CT molecular complexity index is 585. The maximum Gasteiger partial charge on any atom is 0.327 e. The van der Waals surface area contributed by atoms with Crippen LogP contribution in [0.5, 0.6) is 0 Å². The first-order valence-corrected chi connectivity index (χ1v) is 7.34. The van der Waals surface area contributed by atoms with Gasteiger partial charge in [-0.15, -0.1) is 4.83 Å². The molecular weight excluding hydrogens is 286 g/mol. The van der Waals surface area contributed by atoms with Crippen LogP contribution in [0.25, 0.3) is 0 Å². The summed E-state index contributed by atoms with van der Waals surface area (Å²) in [6, 6.07) is 2.29. The number of pyridine rings is 1.